The fourth-order valence-electron chi connectivity index (χ4n) is 3.08. The Kier molecular flexibility index (Phi) is 2.55. The minimum Gasteiger partial charge on any atom is -0.371 e. The van der Waals surface area contributed by atoms with E-state index in [1.807, 2.05) is 0 Å². The maximum Gasteiger partial charge on any atom is 0.0842 e. The monoisotopic (exact) mass is 226 g/mol. The Morgan fingerprint density at radius 1 is 1.06 bits per heavy atom. The van der Waals surface area contributed by atoms with Crippen LogP contribution in [-0.4, -0.2) is 13.1 Å². The molecule has 1 saturated carbocycles. The van der Waals surface area contributed by atoms with Crippen molar-refractivity contribution in [2.75, 3.05) is 18.0 Å². The minimum atomic E-state index is -0.181. The van der Waals surface area contributed by atoms with Gasteiger partial charge in [0.25, 0.3) is 0 Å². The predicted molar refractivity (Wildman–Crippen MR) is 69.0 cm³/mol. The predicted octanol–water partition coefficient (Wildman–Crippen LogP) is 3.23. The average molecular weight is 226 g/mol. The molecule has 17 heavy (non-hydrogen) atoms. The third kappa shape index (κ3) is 1.61. The van der Waals surface area contributed by atoms with Crippen LogP contribution in [0.4, 0.5) is 5.69 Å². The first kappa shape index (κ1) is 10.7. The summed E-state index contributed by atoms with van der Waals surface area (Å²) >= 11 is 0. The van der Waals surface area contributed by atoms with Crippen molar-refractivity contribution in [2.24, 2.45) is 0 Å². The topological polar surface area (TPSA) is 27.0 Å². The van der Waals surface area contributed by atoms with Crippen LogP contribution < -0.4 is 4.90 Å². The average Bonchev–Trinajstić information content (AvgIpc) is 2.82. The SMILES string of the molecule is N#CC1(c2ccccc2N2CCCC2)CCC1. The number of rotatable bonds is 2. The van der Waals surface area contributed by atoms with E-state index in [4.69, 9.17) is 0 Å². The Labute approximate surface area is 103 Å². The van der Waals surface area contributed by atoms with E-state index in [9.17, 15) is 5.26 Å². The van der Waals surface area contributed by atoms with Crippen LogP contribution in [0.25, 0.3) is 0 Å². The van der Waals surface area contributed by atoms with Crippen molar-refractivity contribution in [2.45, 2.75) is 37.5 Å². The highest BCUT2D eigenvalue weighted by atomic mass is 15.1. The molecule has 0 radical (unpaired) electrons. The fourth-order valence-corrected chi connectivity index (χ4v) is 3.08. The lowest BCUT2D eigenvalue weighted by Gasteiger charge is -2.38. The first-order chi connectivity index (χ1) is 8.36. The van der Waals surface area contributed by atoms with Crippen molar-refractivity contribution >= 4 is 5.69 Å². The largest absolute Gasteiger partial charge is 0.371 e. The van der Waals surface area contributed by atoms with Crippen molar-refractivity contribution in [3.8, 4) is 6.07 Å². The van der Waals surface area contributed by atoms with Crippen LogP contribution >= 0.6 is 0 Å². The van der Waals surface area contributed by atoms with Gasteiger partial charge in [-0.1, -0.05) is 18.2 Å². The molecule has 0 aromatic heterocycles. The lowest BCUT2D eigenvalue weighted by molar-refractivity contribution is 0.324. The second-order valence-corrected chi connectivity index (χ2v) is 5.26. The van der Waals surface area contributed by atoms with E-state index < -0.39 is 0 Å². The third-order valence-corrected chi connectivity index (χ3v) is 4.29. The van der Waals surface area contributed by atoms with Gasteiger partial charge in [-0.15, -0.1) is 0 Å². The Morgan fingerprint density at radius 3 is 2.35 bits per heavy atom. The summed E-state index contributed by atoms with van der Waals surface area (Å²) in [6, 6.07) is 11.1. The molecule has 2 heteroatoms. The highest BCUT2D eigenvalue weighted by Crippen LogP contribution is 2.46. The summed E-state index contributed by atoms with van der Waals surface area (Å²) in [4.78, 5) is 2.45. The molecule has 0 amide bonds. The number of hydrogen-bond acceptors (Lipinski definition) is 2. The smallest absolute Gasteiger partial charge is 0.0842 e. The van der Waals surface area contributed by atoms with Gasteiger partial charge in [0.15, 0.2) is 0 Å². The Bertz CT molecular complexity index is 448. The van der Waals surface area contributed by atoms with Gasteiger partial charge in [-0.25, -0.2) is 0 Å². The van der Waals surface area contributed by atoms with Crippen LogP contribution in [0.2, 0.25) is 0 Å². The number of anilines is 1. The molecular formula is C15H18N2. The van der Waals surface area contributed by atoms with E-state index >= 15 is 0 Å². The summed E-state index contributed by atoms with van der Waals surface area (Å²) in [5, 5.41) is 9.49. The Balaban J connectivity index is 2.01. The maximum absolute atomic E-state index is 9.49. The normalized spacial score (nSPS) is 21.9. The molecule has 2 nitrogen and oxygen atoms in total. The summed E-state index contributed by atoms with van der Waals surface area (Å²) < 4.78 is 0. The van der Waals surface area contributed by atoms with E-state index in [0.29, 0.717) is 0 Å². The van der Waals surface area contributed by atoms with E-state index in [2.05, 4.69) is 35.2 Å². The van der Waals surface area contributed by atoms with Crippen molar-refractivity contribution in [3.05, 3.63) is 29.8 Å². The number of para-hydroxylation sites is 1. The lowest BCUT2D eigenvalue weighted by atomic mass is 9.65. The zero-order valence-corrected chi connectivity index (χ0v) is 10.2. The highest BCUT2D eigenvalue weighted by Gasteiger charge is 2.41. The Hall–Kier alpha value is -1.49. The number of benzene rings is 1. The number of nitrogens with zero attached hydrogens (tertiary/aromatic N) is 2. The van der Waals surface area contributed by atoms with Crippen LogP contribution in [0.3, 0.4) is 0 Å². The van der Waals surface area contributed by atoms with E-state index in [1.165, 1.54) is 30.5 Å². The van der Waals surface area contributed by atoms with Gasteiger partial charge in [0.1, 0.15) is 0 Å². The van der Waals surface area contributed by atoms with Crippen molar-refractivity contribution in [1.82, 2.24) is 0 Å². The quantitative estimate of drug-likeness (QED) is 0.774. The molecule has 2 fully saturated rings. The first-order valence-corrected chi connectivity index (χ1v) is 6.61. The second-order valence-electron chi connectivity index (χ2n) is 5.26. The fraction of sp³-hybridized carbons (Fsp3) is 0.533. The van der Waals surface area contributed by atoms with Gasteiger partial charge in [0.2, 0.25) is 0 Å². The number of nitriles is 1. The molecule has 0 N–H and O–H groups in total. The summed E-state index contributed by atoms with van der Waals surface area (Å²) in [5.74, 6) is 0. The zero-order valence-electron chi connectivity index (χ0n) is 10.2. The molecule has 88 valence electrons. The van der Waals surface area contributed by atoms with Crippen molar-refractivity contribution < 1.29 is 0 Å². The van der Waals surface area contributed by atoms with Gasteiger partial charge >= 0.3 is 0 Å². The molecular weight excluding hydrogens is 208 g/mol. The molecule has 1 heterocycles. The summed E-state index contributed by atoms with van der Waals surface area (Å²) in [6.07, 6.45) is 5.84. The lowest BCUT2D eigenvalue weighted by Crippen LogP contribution is -2.34. The summed E-state index contributed by atoms with van der Waals surface area (Å²) in [5.41, 5.74) is 2.40. The summed E-state index contributed by atoms with van der Waals surface area (Å²) in [6.45, 7) is 2.30. The molecule has 0 atom stereocenters. The molecule has 1 aliphatic heterocycles. The Morgan fingerprint density at radius 2 is 1.76 bits per heavy atom. The molecule has 0 bridgehead atoms. The minimum absolute atomic E-state index is 0.181. The molecule has 0 spiro atoms. The van der Waals surface area contributed by atoms with E-state index in [-0.39, 0.29) is 5.41 Å². The standard InChI is InChI=1S/C15H18N2/c16-12-15(8-5-9-15)13-6-1-2-7-14(13)17-10-3-4-11-17/h1-2,6-7H,3-5,8-11H2. The molecule has 1 saturated heterocycles. The van der Waals surface area contributed by atoms with Crippen LogP contribution in [-0.2, 0) is 5.41 Å². The van der Waals surface area contributed by atoms with Crippen LogP contribution in [0, 0.1) is 11.3 Å². The van der Waals surface area contributed by atoms with Crippen LogP contribution in [0.5, 0.6) is 0 Å². The molecule has 0 unspecified atom stereocenters. The zero-order chi connectivity index (χ0) is 11.7. The van der Waals surface area contributed by atoms with Crippen molar-refractivity contribution in [1.29, 1.82) is 5.26 Å². The van der Waals surface area contributed by atoms with E-state index in [0.717, 1.165) is 25.9 Å². The van der Waals surface area contributed by atoms with Gasteiger partial charge in [-0.3, -0.25) is 0 Å². The first-order valence-electron chi connectivity index (χ1n) is 6.61. The van der Waals surface area contributed by atoms with Gasteiger partial charge < -0.3 is 4.90 Å². The molecule has 3 rings (SSSR count). The van der Waals surface area contributed by atoms with E-state index in [1.54, 1.807) is 0 Å². The van der Waals surface area contributed by atoms with Gasteiger partial charge in [-0.05, 0) is 43.7 Å². The molecule has 1 aliphatic carbocycles. The van der Waals surface area contributed by atoms with Gasteiger partial charge in [0, 0.05) is 18.8 Å². The van der Waals surface area contributed by atoms with Crippen molar-refractivity contribution in [3.63, 3.8) is 0 Å². The highest BCUT2D eigenvalue weighted by molar-refractivity contribution is 5.60. The van der Waals surface area contributed by atoms with Crippen LogP contribution in [0.1, 0.15) is 37.7 Å². The molecule has 1 aromatic carbocycles. The third-order valence-electron chi connectivity index (χ3n) is 4.29. The van der Waals surface area contributed by atoms with Gasteiger partial charge in [-0.2, -0.15) is 5.26 Å². The molecule has 2 aliphatic rings. The number of hydrogen-bond donors (Lipinski definition) is 0. The maximum atomic E-state index is 9.49. The molecule has 1 aromatic rings. The summed E-state index contributed by atoms with van der Waals surface area (Å²) in [7, 11) is 0. The van der Waals surface area contributed by atoms with Crippen LogP contribution in [0.15, 0.2) is 24.3 Å². The second kappa shape index (κ2) is 4.07. The van der Waals surface area contributed by atoms with Gasteiger partial charge in [0.05, 0.1) is 11.5 Å².